The Morgan fingerprint density at radius 2 is 1.76 bits per heavy atom. The van der Waals surface area contributed by atoms with E-state index in [0.29, 0.717) is 32.6 Å². The molecule has 0 saturated carbocycles. The number of aryl methyl sites for hydroxylation is 3. The highest BCUT2D eigenvalue weighted by Crippen LogP contribution is 2.19. The number of hydrogen-bond acceptors (Lipinski definition) is 4. The van der Waals surface area contributed by atoms with Gasteiger partial charge in [0.05, 0.1) is 17.1 Å². The summed E-state index contributed by atoms with van der Waals surface area (Å²) in [6, 6.07) is 7.65. The molecule has 5 nitrogen and oxygen atoms in total. The van der Waals surface area contributed by atoms with E-state index >= 15 is 0 Å². The van der Waals surface area contributed by atoms with Crippen LogP contribution in [0.2, 0.25) is 0 Å². The first kappa shape index (κ1) is 17.6. The van der Waals surface area contributed by atoms with Gasteiger partial charge in [-0.15, -0.1) is 11.3 Å². The van der Waals surface area contributed by atoms with Crippen LogP contribution in [0, 0.1) is 20.8 Å². The molecule has 1 aromatic heterocycles. The van der Waals surface area contributed by atoms with Crippen molar-refractivity contribution in [3.63, 3.8) is 0 Å². The lowest BCUT2D eigenvalue weighted by atomic mass is 10.1. The van der Waals surface area contributed by atoms with Crippen LogP contribution in [0.25, 0.3) is 0 Å². The fraction of sp³-hybridized carbons (Fsp3) is 0.421. The summed E-state index contributed by atoms with van der Waals surface area (Å²) < 4.78 is 0. The smallest absolute Gasteiger partial charge is 0.253 e. The van der Waals surface area contributed by atoms with Crippen LogP contribution in [-0.4, -0.2) is 52.8 Å². The highest BCUT2D eigenvalue weighted by atomic mass is 32.1. The van der Waals surface area contributed by atoms with Gasteiger partial charge >= 0.3 is 0 Å². The molecule has 1 aliphatic rings. The molecule has 3 rings (SSSR count). The van der Waals surface area contributed by atoms with Crippen molar-refractivity contribution in [1.29, 1.82) is 0 Å². The summed E-state index contributed by atoms with van der Waals surface area (Å²) in [6.07, 6.45) is 0.406. The number of rotatable bonds is 3. The second-order valence-electron chi connectivity index (χ2n) is 6.46. The number of aromatic nitrogens is 1. The van der Waals surface area contributed by atoms with Crippen LogP contribution in [0.4, 0.5) is 0 Å². The van der Waals surface area contributed by atoms with Gasteiger partial charge in [-0.05, 0) is 32.9 Å². The van der Waals surface area contributed by atoms with Crippen LogP contribution >= 0.6 is 11.3 Å². The van der Waals surface area contributed by atoms with Gasteiger partial charge in [-0.2, -0.15) is 0 Å². The third kappa shape index (κ3) is 4.07. The normalized spacial score (nSPS) is 14.7. The Labute approximate surface area is 152 Å². The van der Waals surface area contributed by atoms with Gasteiger partial charge in [0.2, 0.25) is 5.91 Å². The maximum atomic E-state index is 12.6. The minimum absolute atomic E-state index is 0.0460. The molecule has 0 spiro atoms. The largest absolute Gasteiger partial charge is 0.339 e. The molecule has 25 heavy (non-hydrogen) atoms. The average molecular weight is 357 g/mol. The molecule has 2 heterocycles. The van der Waals surface area contributed by atoms with Crippen LogP contribution < -0.4 is 0 Å². The molecule has 132 valence electrons. The van der Waals surface area contributed by atoms with Crippen molar-refractivity contribution in [2.75, 3.05) is 26.2 Å². The monoisotopic (exact) mass is 357 g/mol. The molecule has 0 unspecified atom stereocenters. The van der Waals surface area contributed by atoms with Crippen molar-refractivity contribution in [1.82, 2.24) is 14.8 Å². The number of carbonyl (C=O) groups is 2. The summed E-state index contributed by atoms with van der Waals surface area (Å²) in [5.74, 6) is 0.166. The quantitative estimate of drug-likeness (QED) is 0.848. The number of carbonyl (C=O) groups excluding carboxylic acids is 2. The summed E-state index contributed by atoms with van der Waals surface area (Å²) >= 11 is 1.59. The highest BCUT2D eigenvalue weighted by Gasteiger charge is 2.25. The molecule has 0 aliphatic carbocycles. The Balaban J connectivity index is 1.57. The minimum Gasteiger partial charge on any atom is -0.339 e. The lowest BCUT2D eigenvalue weighted by Crippen LogP contribution is -2.51. The molecule has 0 bridgehead atoms. The van der Waals surface area contributed by atoms with E-state index in [2.05, 4.69) is 4.98 Å². The lowest BCUT2D eigenvalue weighted by molar-refractivity contribution is -0.131. The molecular weight excluding hydrogens is 334 g/mol. The maximum Gasteiger partial charge on any atom is 0.253 e. The summed E-state index contributed by atoms with van der Waals surface area (Å²) in [7, 11) is 0. The van der Waals surface area contributed by atoms with E-state index in [1.807, 2.05) is 54.8 Å². The molecule has 6 heteroatoms. The summed E-state index contributed by atoms with van der Waals surface area (Å²) in [4.78, 5) is 34.2. The zero-order chi connectivity index (χ0) is 18.0. The Hall–Kier alpha value is -2.21. The second-order valence-corrected chi connectivity index (χ2v) is 7.75. The average Bonchev–Trinajstić information content (AvgIpc) is 2.91. The number of amides is 2. The van der Waals surface area contributed by atoms with Crippen LogP contribution in [-0.2, 0) is 11.2 Å². The first-order chi connectivity index (χ1) is 11.9. The van der Waals surface area contributed by atoms with Gasteiger partial charge in [0.1, 0.15) is 0 Å². The van der Waals surface area contributed by atoms with Crippen molar-refractivity contribution in [3.8, 4) is 0 Å². The molecule has 0 radical (unpaired) electrons. The SMILES string of the molecule is Cc1cccc(C(=O)N2CCN(C(=O)Cc3sc(C)nc3C)CC2)c1. The summed E-state index contributed by atoms with van der Waals surface area (Å²) in [5.41, 5.74) is 2.74. The standard InChI is InChI=1S/C19H23N3O2S/c1-13-5-4-6-16(11-13)19(24)22-9-7-21(8-10-22)18(23)12-17-14(2)20-15(3)25-17/h4-6,11H,7-10,12H2,1-3H3. The van der Waals surface area contributed by atoms with Crippen LogP contribution in [0.1, 0.15) is 31.5 Å². The molecule has 1 saturated heterocycles. The Bertz CT molecular complexity index is 792. The lowest BCUT2D eigenvalue weighted by Gasteiger charge is -2.35. The fourth-order valence-corrected chi connectivity index (χ4v) is 4.03. The van der Waals surface area contributed by atoms with E-state index in [9.17, 15) is 9.59 Å². The predicted molar refractivity (Wildman–Crippen MR) is 99.0 cm³/mol. The molecule has 1 aliphatic heterocycles. The maximum absolute atomic E-state index is 12.6. The van der Waals surface area contributed by atoms with Crippen molar-refractivity contribution in [2.24, 2.45) is 0 Å². The van der Waals surface area contributed by atoms with Crippen molar-refractivity contribution >= 4 is 23.2 Å². The zero-order valence-electron chi connectivity index (χ0n) is 14.9. The second kappa shape index (κ2) is 7.35. The summed E-state index contributed by atoms with van der Waals surface area (Å²) in [6.45, 7) is 8.24. The Morgan fingerprint density at radius 3 is 2.36 bits per heavy atom. The Kier molecular flexibility index (Phi) is 5.18. The summed E-state index contributed by atoms with van der Waals surface area (Å²) in [5, 5.41) is 0.994. The van der Waals surface area contributed by atoms with E-state index in [0.717, 1.165) is 26.7 Å². The molecule has 2 aromatic rings. The number of thiazole rings is 1. The molecule has 1 fully saturated rings. The third-order valence-corrected chi connectivity index (χ3v) is 5.57. The Morgan fingerprint density at radius 1 is 1.08 bits per heavy atom. The van der Waals surface area contributed by atoms with E-state index in [4.69, 9.17) is 0 Å². The number of hydrogen-bond donors (Lipinski definition) is 0. The zero-order valence-corrected chi connectivity index (χ0v) is 15.7. The van der Waals surface area contributed by atoms with Crippen molar-refractivity contribution in [2.45, 2.75) is 27.2 Å². The third-order valence-electron chi connectivity index (χ3n) is 4.50. The topological polar surface area (TPSA) is 53.5 Å². The molecule has 1 aromatic carbocycles. The van der Waals surface area contributed by atoms with E-state index in [1.165, 1.54) is 0 Å². The van der Waals surface area contributed by atoms with E-state index < -0.39 is 0 Å². The van der Waals surface area contributed by atoms with Gasteiger partial charge < -0.3 is 9.80 Å². The first-order valence-electron chi connectivity index (χ1n) is 8.50. The number of piperazine rings is 1. The first-order valence-corrected chi connectivity index (χ1v) is 9.32. The number of benzene rings is 1. The van der Waals surface area contributed by atoms with E-state index in [1.54, 1.807) is 11.3 Å². The van der Waals surface area contributed by atoms with Crippen LogP contribution in [0.5, 0.6) is 0 Å². The highest BCUT2D eigenvalue weighted by molar-refractivity contribution is 7.11. The van der Waals surface area contributed by atoms with Gasteiger partial charge in [-0.1, -0.05) is 17.7 Å². The predicted octanol–water partition coefficient (Wildman–Crippen LogP) is 2.60. The van der Waals surface area contributed by atoms with Crippen molar-refractivity contribution in [3.05, 3.63) is 51.0 Å². The van der Waals surface area contributed by atoms with Gasteiger partial charge in [-0.25, -0.2) is 4.98 Å². The van der Waals surface area contributed by atoms with Crippen molar-refractivity contribution < 1.29 is 9.59 Å². The molecule has 2 amide bonds. The fourth-order valence-electron chi connectivity index (χ4n) is 3.11. The van der Waals surface area contributed by atoms with Gasteiger partial charge in [-0.3, -0.25) is 9.59 Å². The van der Waals surface area contributed by atoms with Crippen LogP contribution in [0.3, 0.4) is 0 Å². The molecular formula is C19H23N3O2S. The van der Waals surface area contributed by atoms with Crippen LogP contribution in [0.15, 0.2) is 24.3 Å². The molecule has 0 atom stereocenters. The van der Waals surface area contributed by atoms with E-state index in [-0.39, 0.29) is 11.8 Å². The van der Waals surface area contributed by atoms with Gasteiger partial charge in [0.15, 0.2) is 0 Å². The minimum atomic E-state index is 0.0460. The number of nitrogens with zero attached hydrogens (tertiary/aromatic N) is 3. The molecule has 0 N–H and O–H groups in total. The van der Waals surface area contributed by atoms with Gasteiger partial charge in [0.25, 0.3) is 5.91 Å². The van der Waals surface area contributed by atoms with Gasteiger partial charge in [0, 0.05) is 36.6 Å².